The second-order valence-electron chi connectivity index (χ2n) is 7.38. The first kappa shape index (κ1) is 20.0. The molecule has 4 nitrogen and oxygen atoms in total. The number of anilines is 2. The minimum absolute atomic E-state index is 0.159. The van der Waals surface area contributed by atoms with Gasteiger partial charge >= 0.3 is 0 Å². The second kappa shape index (κ2) is 8.99. The number of hydroxylamine groups is 1. The van der Waals surface area contributed by atoms with E-state index in [2.05, 4.69) is 41.7 Å². The van der Waals surface area contributed by atoms with Crippen LogP contribution in [0.25, 0.3) is 11.1 Å². The SMILES string of the molecule is CNc1c(-c2ccc(C(N)c3ccccc3)cc2)cccc1N(O)C1=CCCC=C1. The van der Waals surface area contributed by atoms with E-state index in [1.54, 1.807) is 0 Å². The van der Waals surface area contributed by atoms with Crippen molar-refractivity contribution in [3.05, 3.63) is 108 Å². The van der Waals surface area contributed by atoms with Crippen LogP contribution in [0.1, 0.15) is 30.0 Å². The van der Waals surface area contributed by atoms with Crippen LogP contribution in [0.5, 0.6) is 0 Å². The zero-order chi connectivity index (χ0) is 20.9. The lowest BCUT2D eigenvalue weighted by Gasteiger charge is -2.24. The van der Waals surface area contributed by atoms with Crippen LogP contribution in [0, 0.1) is 0 Å². The van der Waals surface area contributed by atoms with Crippen LogP contribution < -0.4 is 16.1 Å². The number of nitrogens with zero attached hydrogens (tertiary/aromatic N) is 1. The average molecular weight is 398 g/mol. The van der Waals surface area contributed by atoms with Gasteiger partial charge in [0, 0.05) is 12.6 Å². The van der Waals surface area contributed by atoms with Gasteiger partial charge in [0.1, 0.15) is 0 Å². The highest BCUT2D eigenvalue weighted by molar-refractivity contribution is 5.88. The largest absolute Gasteiger partial charge is 0.386 e. The normalized spacial score (nSPS) is 14.2. The molecule has 1 atom stereocenters. The minimum atomic E-state index is -0.159. The number of nitrogens with two attached hydrogens (primary N) is 1. The number of allylic oxidation sites excluding steroid dienone is 3. The van der Waals surface area contributed by atoms with Crippen LogP contribution in [0.3, 0.4) is 0 Å². The molecule has 0 saturated carbocycles. The number of hydrogen-bond acceptors (Lipinski definition) is 4. The Hall–Kier alpha value is -3.34. The summed E-state index contributed by atoms with van der Waals surface area (Å²) in [4.78, 5) is 0. The monoisotopic (exact) mass is 397 g/mol. The van der Waals surface area contributed by atoms with E-state index in [0.29, 0.717) is 0 Å². The van der Waals surface area contributed by atoms with Gasteiger partial charge in [-0.15, -0.1) is 0 Å². The van der Waals surface area contributed by atoms with E-state index in [9.17, 15) is 5.21 Å². The van der Waals surface area contributed by atoms with Gasteiger partial charge in [0.15, 0.2) is 0 Å². The van der Waals surface area contributed by atoms with Crippen molar-refractivity contribution in [3.63, 3.8) is 0 Å². The van der Waals surface area contributed by atoms with Crippen LogP contribution in [0.15, 0.2) is 96.7 Å². The Balaban J connectivity index is 1.65. The summed E-state index contributed by atoms with van der Waals surface area (Å²) in [6, 6.07) is 24.2. The third kappa shape index (κ3) is 4.01. The van der Waals surface area contributed by atoms with Crippen molar-refractivity contribution in [1.82, 2.24) is 0 Å². The van der Waals surface area contributed by atoms with Crippen molar-refractivity contribution in [2.24, 2.45) is 5.73 Å². The van der Waals surface area contributed by atoms with Crippen molar-refractivity contribution in [2.75, 3.05) is 17.4 Å². The molecule has 0 aliphatic heterocycles. The zero-order valence-electron chi connectivity index (χ0n) is 17.1. The summed E-state index contributed by atoms with van der Waals surface area (Å²) < 4.78 is 0. The molecule has 3 aromatic carbocycles. The molecule has 0 bridgehead atoms. The van der Waals surface area contributed by atoms with Gasteiger partial charge in [0.05, 0.1) is 23.1 Å². The van der Waals surface area contributed by atoms with E-state index >= 15 is 0 Å². The highest BCUT2D eigenvalue weighted by Gasteiger charge is 2.17. The van der Waals surface area contributed by atoms with Gasteiger partial charge < -0.3 is 11.1 Å². The standard InChI is InChI=1S/C26H27N3O/c1-28-26-23(13-8-14-24(26)29(30)22-11-6-3-7-12-22)19-15-17-21(18-16-19)25(27)20-9-4-2-5-10-20/h2,4-6,8-18,25,28,30H,3,7,27H2,1H3. The molecule has 0 aromatic heterocycles. The molecule has 1 aliphatic rings. The topological polar surface area (TPSA) is 61.5 Å². The van der Waals surface area contributed by atoms with Crippen molar-refractivity contribution in [2.45, 2.75) is 18.9 Å². The zero-order valence-corrected chi connectivity index (χ0v) is 17.1. The highest BCUT2D eigenvalue weighted by Crippen LogP contribution is 2.38. The average Bonchev–Trinajstić information content (AvgIpc) is 2.83. The Labute approximate surface area is 177 Å². The van der Waals surface area contributed by atoms with Gasteiger partial charge in [-0.2, -0.15) is 0 Å². The van der Waals surface area contributed by atoms with E-state index in [0.717, 1.165) is 52.2 Å². The minimum Gasteiger partial charge on any atom is -0.386 e. The lowest BCUT2D eigenvalue weighted by atomic mass is 9.96. The maximum absolute atomic E-state index is 10.8. The maximum atomic E-state index is 10.8. The van der Waals surface area contributed by atoms with Crippen molar-refractivity contribution in [1.29, 1.82) is 0 Å². The first-order chi connectivity index (χ1) is 14.7. The molecular formula is C26H27N3O. The van der Waals surface area contributed by atoms with Gasteiger partial charge in [0.25, 0.3) is 0 Å². The Kier molecular flexibility index (Phi) is 5.98. The van der Waals surface area contributed by atoms with Crippen LogP contribution in [-0.4, -0.2) is 12.3 Å². The first-order valence-electron chi connectivity index (χ1n) is 10.3. The molecule has 0 heterocycles. The first-order valence-corrected chi connectivity index (χ1v) is 10.3. The fourth-order valence-electron chi connectivity index (χ4n) is 3.84. The van der Waals surface area contributed by atoms with Gasteiger partial charge in [-0.3, -0.25) is 5.21 Å². The molecule has 0 saturated heterocycles. The van der Waals surface area contributed by atoms with Crippen molar-refractivity contribution in [3.8, 4) is 11.1 Å². The highest BCUT2D eigenvalue weighted by atomic mass is 16.5. The summed E-state index contributed by atoms with van der Waals surface area (Å²) in [6.07, 6.45) is 8.02. The lowest BCUT2D eigenvalue weighted by Crippen LogP contribution is -2.18. The summed E-state index contributed by atoms with van der Waals surface area (Å²) in [5.41, 5.74) is 13.1. The van der Waals surface area contributed by atoms with E-state index in [1.165, 1.54) is 5.06 Å². The molecular weight excluding hydrogens is 370 g/mol. The predicted molar refractivity (Wildman–Crippen MR) is 125 cm³/mol. The molecule has 0 fully saturated rings. The lowest BCUT2D eigenvalue weighted by molar-refractivity contribution is 0.287. The van der Waals surface area contributed by atoms with E-state index in [4.69, 9.17) is 5.73 Å². The molecule has 4 N–H and O–H groups in total. The molecule has 0 spiro atoms. The van der Waals surface area contributed by atoms with Crippen molar-refractivity contribution >= 4 is 11.4 Å². The summed E-state index contributed by atoms with van der Waals surface area (Å²) in [5.74, 6) is 0. The van der Waals surface area contributed by atoms with Crippen LogP contribution in [0.2, 0.25) is 0 Å². The summed E-state index contributed by atoms with van der Waals surface area (Å²) >= 11 is 0. The Morgan fingerprint density at radius 2 is 1.63 bits per heavy atom. The Morgan fingerprint density at radius 1 is 0.900 bits per heavy atom. The predicted octanol–water partition coefficient (Wildman–Crippen LogP) is 5.87. The number of rotatable bonds is 6. The second-order valence-corrected chi connectivity index (χ2v) is 7.38. The van der Waals surface area contributed by atoms with Gasteiger partial charge in [-0.25, -0.2) is 5.06 Å². The molecule has 0 amide bonds. The number of benzene rings is 3. The fraction of sp³-hybridized carbons (Fsp3) is 0.154. The van der Waals surface area contributed by atoms with Crippen LogP contribution >= 0.6 is 0 Å². The van der Waals surface area contributed by atoms with E-state index < -0.39 is 0 Å². The summed E-state index contributed by atoms with van der Waals surface area (Å²) in [6.45, 7) is 0. The number of hydrogen-bond donors (Lipinski definition) is 3. The van der Waals surface area contributed by atoms with Gasteiger partial charge in [0.2, 0.25) is 0 Å². The molecule has 1 unspecified atom stereocenters. The van der Waals surface area contributed by atoms with Crippen LogP contribution in [-0.2, 0) is 0 Å². The summed E-state index contributed by atoms with van der Waals surface area (Å²) in [5, 5.41) is 15.4. The number of nitrogens with one attached hydrogen (secondary N) is 1. The maximum Gasteiger partial charge on any atom is 0.0930 e. The van der Waals surface area contributed by atoms with Crippen LogP contribution in [0.4, 0.5) is 11.4 Å². The third-order valence-electron chi connectivity index (χ3n) is 5.48. The van der Waals surface area contributed by atoms with E-state index in [-0.39, 0.29) is 6.04 Å². The summed E-state index contributed by atoms with van der Waals surface area (Å²) in [7, 11) is 1.88. The van der Waals surface area contributed by atoms with Gasteiger partial charge in [-0.05, 0) is 41.7 Å². The molecule has 152 valence electrons. The molecule has 4 rings (SSSR count). The Morgan fingerprint density at radius 3 is 2.30 bits per heavy atom. The Bertz CT molecular complexity index is 1060. The smallest absolute Gasteiger partial charge is 0.0930 e. The quantitative estimate of drug-likeness (QED) is 0.455. The number of para-hydroxylation sites is 1. The fourth-order valence-corrected chi connectivity index (χ4v) is 3.84. The molecule has 3 aromatic rings. The molecule has 30 heavy (non-hydrogen) atoms. The van der Waals surface area contributed by atoms with Gasteiger partial charge in [-0.1, -0.05) is 78.9 Å². The van der Waals surface area contributed by atoms with E-state index in [1.807, 2.05) is 61.7 Å². The molecule has 0 radical (unpaired) electrons. The molecule has 4 heteroatoms. The molecule has 1 aliphatic carbocycles. The third-order valence-corrected chi connectivity index (χ3v) is 5.48. The van der Waals surface area contributed by atoms with Crippen molar-refractivity contribution < 1.29 is 5.21 Å².